The molecular formula is C17H21N2S. The first-order chi connectivity index (χ1) is 9.44. The summed E-state index contributed by atoms with van der Waals surface area (Å²) in [4.78, 5) is 5.46. The van der Waals surface area contributed by atoms with Crippen molar-refractivity contribution in [1.29, 1.82) is 0 Å². The van der Waals surface area contributed by atoms with Gasteiger partial charge in [0, 0.05) is 0 Å². The van der Waals surface area contributed by atoms with Crippen LogP contribution in [0.4, 0.5) is 5.69 Å². The van der Waals surface area contributed by atoms with Crippen molar-refractivity contribution in [3.8, 4) is 0 Å². The molecule has 0 aliphatic heterocycles. The molecule has 0 fully saturated rings. The Morgan fingerprint density at radius 3 is 2.45 bits per heavy atom. The van der Waals surface area contributed by atoms with Gasteiger partial charge in [-0.15, -0.1) is 11.3 Å². The van der Waals surface area contributed by atoms with Crippen molar-refractivity contribution in [2.24, 2.45) is 16.1 Å². The molecule has 0 atom stereocenters. The van der Waals surface area contributed by atoms with E-state index >= 15 is 0 Å². The van der Waals surface area contributed by atoms with Gasteiger partial charge in [-0.25, -0.2) is 4.99 Å². The van der Waals surface area contributed by atoms with Crippen LogP contribution in [0, 0.1) is 11.8 Å². The van der Waals surface area contributed by atoms with Gasteiger partial charge in [-0.1, -0.05) is 39.0 Å². The van der Waals surface area contributed by atoms with Crippen LogP contribution in [0.5, 0.6) is 0 Å². The van der Waals surface area contributed by atoms with Crippen LogP contribution in [0.1, 0.15) is 31.2 Å². The molecule has 0 unspecified atom stereocenters. The van der Waals surface area contributed by atoms with Gasteiger partial charge in [0.25, 0.3) is 0 Å². The van der Waals surface area contributed by atoms with E-state index in [0.717, 1.165) is 17.0 Å². The predicted molar refractivity (Wildman–Crippen MR) is 88.6 cm³/mol. The Kier molecular flexibility index (Phi) is 4.61. The van der Waals surface area contributed by atoms with Crippen molar-refractivity contribution in [3.05, 3.63) is 58.6 Å². The van der Waals surface area contributed by atoms with Crippen molar-refractivity contribution in [2.75, 3.05) is 0 Å². The number of aliphatic imine (C=N–C) groups is 1. The third kappa shape index (κ3) is 4.49. The maximum Gasteiger partial charge on any atom is 0.141 e. The second-order valence-corrected chi connectivity index (χ2v) is 6.86. The first-order valence-corrected chi connectivity index (χ1v) is 7.63. The van der Waals surface area contributed by atoms with Gasteiger partial charge in [0.15, 0.2) is 0 Å². The molecule has 0 saturated heterocycles. The second-order valence-electron chi connectivity index (χ2n) is 5.92. The maximum absolute atomic E-state index is 5.98. The van der Waals surface area contributed by atoms with Crippen LogP contribution in [0.15, 0.2) is 46.8 Å². The lowest BCUT2D eigenvalue weighted by atomic mass is 9.89. The summed E-state index contributed by atoms with van der Waals surface area (Å²) >= 11 is 1.60. The predicted octanol–water partition coefficient (Wildman–Crippen LogP) is 4.58. The van der Waals surface area contributed by atoms with E-state index in [0.29, 0.717) is 5.84 Å². The minimum atomic E-state index is 0.250. The smallest absolute Gasteiger partial charge is 0.141 e. The molecule has 1 radical (unpaired) electrons. The third-order valence-corrected chi connectivity index (χ3v) is 3.80. The van der Waals surface area contributed by atoms with E-state index in [4.69, 9.17) is 5.73 Å². The van der Waals surface area contributed by atoms with Gasteiger partial charge in [-0.05, 0) is 47.4 Å². The standard InChI is InChI=1S/C17H21N2S/c1-17(2,3)11-10-13-6-8-14(9-7-13)19-16(18)15-5-4-12-20-15/h4-9,11-12H,10H2,1-3H3,(H2,18,19). The molecule has 0 saturated carbocycles. The van der Waals surface area contributed by atoms with Gasteiger partial charge >= 0.3 is 0 Å². The van der Waals surface area contributed by atoms with Crippen molar-refractivity contribution in [3.63, 3.8) is 0 Å². The summed E-state index contributed by atoms with van der Waals surface area (Å²) in [7, 11) is 0. The van der Waals surface area contributed by atoms with Gasteiger partial charge in [-0.2, -0.15) is 0 Å². The summed E-state index contributed by atoms with van der Waals surface area (Å²) < 4.78 is 0. The number of nitrogens with zero attached hydrogens (tertiary/aromatic N) is 1. The number of hydrogen-bond donors (Lipinski definition) is 1. The summed E-state index contributed by atoms with van der Waals surface area (Å²) in [6, 6.07) is 12.2. The quantitative estimate of drug-likeness (QED) is 0.648. The number of hydrogen-bond acceptors (Lipinski definition) is 2. The normalized spacial score (nSPS) is 12.7. The third-order valence-electron chi connectivity index (χ3n) is 2.91. The zero-order valence-corrected chi connectivity index (χ0v) is 13.1. The van der Waals surface area contributed by atoms with Crippen LogP contribution >= 0.6 is 11.3 Å². The van der Waals surface area contributed by atoms with Crippen LogP contribution in [-0.2, 0) is 6.42 Å². The molecule has 2 N–H and O–H groups in total. The highest BCUT2D eigenvalue weighted by molar-refractivity contribution is 7.12. The summed E-state index contributed by atoms with van der Waals surface area (Å²) in [5.41, 5.74) is 8.43. The number of nitrogens with two attached hydrogens (primary N) is 1. The number of rotatable bonds is 4. The van der Waals surface area contributed by atoms with E-state index in [9.17, 15) is 0 Å². The summed E-state index contributed by atoms with van der Waals surface area (Å²) in [6.45, 7) is 6.65. The van der Waals surface area contributed by atoms with E-state index in [2.05, 4.69) is 44.3 Å². The van der Waals surface area contributed by atoms with E-state index in [-0.39, 0.29) is 5.41 Å². The first kappa shape index (κ1) is 14.8. The van der Waals surface area contributed by atoms with Gasteiger partial charge in [0.1, 0.15) is 5.84 Å². The average Bonchev–Trinajstić information content (AvgIpc) is 2.91. The fourth-order valence-corrected chi connectivity index (χ4v) is 2.38. The molecule has 20 heavy (non-hydrogen) atoms. The van der Waals surface area contributed by atoms with Crippen LogP contribution in [0.25, 0.3) is 0 Å². The maximum atomic E-state index is 5.98. The summed E-state index contributed by atoms with van der Waals surface area (Å²) in [5, 5.41) is 2.00. The minimum absolute atomic E-state index is 0.250. The Bertz CT molecular complexity index is 560. The van der Waals surface area contributed by atoms with Crippen molar-refractivity contribution >= 4 is 22.9 Å². The SMILES string of the molecule is CC(C)(C)[CH]Cc1ccc(N=C(N)c2cccs2)cc1. The Balaban J connectivity index is 2.03. The molecule has 0 spiro atoms. The lowest BCUT2D eigenvalue weighted by Gasteiger charge is -2.17. The van der Waals surface area contributed by atoms with Gasteiger partial charge < -0.3 is 5.73 Å². The second kappa shape index (κ2) is 6.23. The molecule has 0 aliphatic rings. The van der Waals surface area contributed by atoms with E-state index in [1.165, 1.54) is 5.56 Å². The van der Waals surface area contributed by atoms with Gasteiger partial charge in [0.2, 0.25) is 0 Å². The van der Waals surface area contributed by atoms with E-state index in [1.54, 1.807) is 11.3 Å². The molecule has 3 heteroatoms. The molecular weight excluding hydrogens is 264 g/mol. The molecule has 1 heterocycles. The fourth-order valence-electron chi connectivity index (χ4n) is 1.75. The van der Waals surface area contributed by atoms with Crippen molar-refractivity contribution < 1.29 is 0 Å². The highest BCUT2D eigenvalue weighted by atomic mass is 32.1. The summed E-state index contributed by atoms with van der Waals surface area (Å²) in [6.07, 6.45) is 3.30. The van der Waals surface area contributed by atoms with Crippen LogP contribution in [0.3, 0.4) is 0 Å². The molecule has 1 aromatic heterocycles. The van der Waals surface area contributed by atoms with Crippen LogP contribution in [0.2, 0.25) is 0 Å². The van der Waals surface area contributed by atoms with Crippen LogP contribution < -0.4 is 5.73 Å². The lowest BCUT2D eigenvalue weighted by Crippen LogP contribution is -2.10. The van der Waals surface area contributed by atoms with Crippen molar-refractivity contribution in [2.45, 2.75) is 27.2 Å². The molecule has 0 amide bonds. The first-order valence-electron chi connectivity index (χ1n) is 6.75. The monoisotopic (exact) mass is 285 g/mol. The average molecular weight is 285 g/mol. The Morgan fingerprint density at radius 2 is 1.90 bits per heavy atom. The molecule has 2 aromatic rings. The fraction of sp³-hybridized carbons (Fsp3) is 0.294. The number of amidine groups is 1. The minimum Gasteiger partial charge on any atom is -0.383 e. The summed E-state index contributed by atoms with van der Waals surface area (Å²) in [5.74, 6) is 0.578. The molecule has 105 valence electrons. The molecule has 0 bridgehead atoms. The Hall–Kier alpha value is -1.61. The highest BCUT2D eigenvalue weighted by Gasteiger charge is 2.10. The number of benzene rings is 1. The lowest BCUT2D eigenvalue weighted by molar-refractivity contribution is 0.483. The largest absolute Gasteiger partial charge is 0.383 e. The molecule has 0 aliphatic carbocycles. The van der Waals surface area contributed by atoms with Crippen molar-refractivity contribution in [1.82, 2.24) is 0 Å². The number of thiophene rings is 1. The highest BCUT2D eigenvalue weighted by Crippen LogP contribution is 2.22. The topological polar surface area (TPSA) is 38.4 Å². The Labute approximate surface area is 125 Å². The zero-order chi connectivity index (χ0) is 14.6. The van der Waals surface area contributed by atoms with E-state index < -0.39 is 0 Å². The molecule has 2 rings (SSSR count). The Morgan fingerprint density at radius 1 is 1.20 bits per heavy atom. The van der Waals surface area contributed by atoms with Gasteiger partial charge in [0.05, 0.1) is 10.6 Å². The van der Waals surface area contributed by atoms with E-state index in [1.807, 2.05) is 29.6 Å². The molecule has 1 aromatic carbocycles. The van der Waals surface area contributed by atoms with Gasteiger partial charge in [-0.3, -0.25) is 0 Å². The van der Waals surface area contributed by atoms with Crippen LogP contribution in [-0.4, -0.2) is 5.84 Å². The zero-order valence-electron chi connectivity index (χ0n) is 12.3. The molecule has 2 nitrogen and oxygen atoms in total.